The molecule has 10 heteroatoms. The summed E-state index contributed by atoms with van der Waals surface area (Å²) in [7, 11) is 0. The SMILES string of the molecule is Cc1c(C(=O)NC(C)c2ccc(F)c(F)c2)nnn1-c1cccc([N+](=O)[O-])c1. The first-order valence-corrected chi connectivity index (χ1v) is 8.21. The minimum absolute atomic E-state index is 0.0148. The predicted octanol–water partition coefficient (Wildman–Crippen LogP) is 3.25. The Morgan fingerprint density at radius 2 is 1.96 bits per heavy atom. The van der Waals surface area contributed by atoms with Gasteiger partial charge >= 0.3 is 0 Å². The number of carbonyl (C=O) groups excluding carboxylic acids is 1. The van der Waals surface area contributed by atoms with Crippen molar-refractivity contribution < 1.29 is 18.5 Å². The molecule has 3 rings (SSSR count). The molecule has 0 aliphatic heterocycles. The van der Waals surface area contributed by atoms with Gasteiger partial charge in [0.1, 0.15) is 0 Å². The van der Waals surface area contributed by atoms with Gasteiger partial charge < -0.3 is 5.32 Å². The molecule has 0 saturated heterocycles. The van der Waals surface area contributed by atoms with Crippen molar-refractivity contribution in [2.45, 2.75) is 19.9 Å². The van der Waals surface area contributed by atoms with Crippen molar-refractivity contribution >= 4 is 11.6 Å². The number of nitro benzene ring substituents is 1. The Labute approximate surface area is 157 Å². The smallest absolute Gasteiger partial charge is 0.274 e. The maximum atomic E-state index is 13.4. The molecule has 1 amide bonds. The lowest BCUT2D eigenvalue weighted by Crippen LogP contribution is -2.27. The van der Waals surface area contributed by atoms with Crippen LogP contribution in [0.5, 0.6) is 0 Å². The summed E-state index contributed by atoms with van der Waals surface area (Å²) >= 11 is 0. The molecule has 8 nitrogen and oxygen atoms in total. The molecule has 28 heavy (non-hydrogen) atoms. The van der Waals surface area contributed by atoms with Gasteiger partial charge in [-0.25, -0.2) is 13.5 Å². The fourth-order valence-electron chi connectivity index (χ4n) is 2.65. The van der Waals surface area contributed by atoms with Crippen LogP contribution in [0.25, 0.3) is 5.69 Å². The monoisotopic (exact) mass is 387 g/mol. The maximum absolute atomic E-state index is 13.4. The first-order chi connectivity index (χ1) is 13.3. The second kappa shape index (κ2) is 7.51. The molecule has 1 N–H and O–H groups in total. The molecule has 1 atom stereocenters. The van der Waals surface area contributed by atoms with E-state index in [2.05, 4.69) is 15.6 Å². The van der Waals surface area contributed by atoms with E-state index in [4.69, 9.17) is 0 Å². The first-order valence-electron chi connectivity index (χ1n) is 8.21. The topological polar surface area (TPSA) is 103 Å². The summed E-state index contributed by atoms with van der Waals surface area (Å²) in [5.74, 6) is -2.55. The number of nitrogens with one attached hydrogen (secondary N) is 1. The number of rotatable bonds is 5. The second-order valence-electron chi connectivity index (χ2n) is 6.08. The molecule has 1 unspecified atom stereocenters. The van der Waals surface area contributed by atoms with E-state index in [1.54, 1.807) is 19.9 Å². The predicted molar refractivity (Wildman–Crippen MR) is 95.0 cm³/mol. The molecular weight excluding hydrogens is 372 g/mol. The van der Waals surface area contributed by atoms with Gasteiger partial charge in [0.05, 0.1) is 22.3 Å². The number of non-ortho nitro benzene ring substituents is 1. The summed E-state index contributed by atoms with van der Waals surface area (Å²) in [6.07, 6.45) is 0. The van der Waals surface area contributed by atoms with Crippen molar-refractivity contribution in [2.24, 2.45) is 0 Å². The molecule has 1 heterocycles. The number of carbonyl (C=O) groups is 1. The highest BCUT2D eigenvalue weighted by atomic mass is 19.2. The molecule has 3 aromatic rings. The molecule has 0 bridgehead atoms. The lowest BCUT2D eigenvalue weighted by Gasteiger charge is -2.14. The molecule has 144 valence electrons. The highest BCUT2D eigenvalue weighted by Crippen LogP contribution is 2.20. The van der Waals surface area contributed by atoms with Gasteiger partial charge in [0, 0.05) is 12.1 Å². The molecular formula is C18H15F2N5O3. The van der Waals surface area contributed by atoms with Crippen molar-refractivity contribution in [3.8, 4) is 5.69 Å². The van der Waals surface area contributed by atoms with Crippen molar-refractivity contribution in [3.63, 3.8) is 0 Å². The number of aromatic nitrogens is 3. The summed E-state index contributed by atoms with van der Waals surface area (Å²) < 4.78 is 27.8. The highest BCUT2D eigenvalue weighted by Gasteiger charge is 2.21. The van der Waals surface area contributed by atoms with Crippen LogP contribution in [0.1, 0.15) is 34.7 Å². The zero-order chi connectivity index (χ0) is 20.4. The molecule has 0 radical (unpaired) electrons. The Balaban J connectivity index is 1.83. The van der Waals surface area contributed by atoms with E-state index in [1.165, 1.54) is 28.9 Å². The number of benzene rings is 2. The number of nitrogens with zero attached hydrogens (tertiary/aromatic N) is 4. The Morgan fingerprint density at radius 3 is 2.64 bits per heavy atom. The number of hydrogen-bond donors (Lipinski definition) is 1. The fourth-order valence-corrected chi connectivity index (χ4v) is 2.65. The number of amides is 1. The summed E-state index contributed by atoms with van der Waals surface area (Å²) in [4.78, 5) is 22.9. The minimum Gasteiger partial charge on any atom is -0.344 e. The molecule has 2 aromatic carbocycles. The molecule has 0 aliphatic carbocycles. The Hall–Kier alpha value is -3.69. The van der Waals surface area contributed by atoms with Gasteiger partial charge in [0.15, 0.2) is 17.3 Å². The van der Waals surface area contributed by atoms with E-state index >= 15 is 0 Å². The zero-order valence-corrected chi connectivity index (χ0v) is 14.9. The van der Waals surface area contributed by atoms with Crippen molar-refractivity contribution in [1.82, 2.24) is 20.3 Å². The van der Waals surface area contributed by atoms with Gasteiger partial charge in [-0.2, -0.15) is 0 Å². The van der Waals surface area contributed by atoms with E-state index in [1.807, 2.05) is 0 Å². The average Bonchev–Trinajstić information content (AvgIpc) is 3.05. The third-order valence-corrected chi connectivity index (χ3v) is 4.19. The minimum atomic E-state index is -1.01. The maximum Gasteiger partial charge on any atom is 0.274 e. The van der Waals surface area contributed by atoms with Crippen LogP contribution in [0, 0.1) is 28.7 Å². The van der Waals surface area contributed by atoms with Gasteiger partial charge in [0.25, 0.3) is 11.6 Å². The summed E-state index contributed by atoms with van der Waals surface area (Å²) in [5.41, 5.74) is 1.03. The van der Waals surface area contributed by atoms with Crippen LogP contribution in [-0.4, -0.2) is 25.8 Å². The Morgan fingerprint density at radius 1 is 1.21 bits per heavy atom. The van der Waals surface area contributed by atoms with E-state index in [0.29, 0.717) is 16.9 Å². The summed E-state index contributed by atoms with van der Waals surface area (Å²) in [6, 6.07) is 8.50. The first kappa shape index (κ1) is 19.1. The van der Waals surface area contributed by atoms with Gasteiger partial charge in [-0.15, -0.1) is 5.10 Å². The van der Waals surface area contributed by atoms with Crippen LogP contribution in [0.15, 0.2) is 42.5 Å². The lowest BCUT2D eigenvalue weighted by molar-refractivity contribution is -0.384. The van der Waals surface area contributed by atoms with E-state index < -0.39 is 28.5 Å². The summed E-state index contributed by atoms with van der Waals surface area (Å²) in [5, 5.41) is 21.3. The van der Waals surface area contributed by atoms with Crippen LogP contribution in [0.2, 0.25) is 0 Å². The van der Waals surface area contributed by atoms with E-state index in [0.717, 1.165) is 12.1 Å². The van der Waals surface area contributed by atoms with Crippen LogP contribution in [-0.2, 0) is 0 Å². The normalized spacial score (nSPS) is 11.9. The quantitative estimate of drug-likeness (QED) is 0.535. The van der Waals surface area contributed by atoms with Gasteiger partial charge in [-0.3, -0.25) is 14.9 Å². The molecule has 0 saturated carbocycles. The number of nitro groups is 1. The van der Waals surface area contributed by atoms with Gasteiger partial charge in [-0.05, 0) is 37.6 Å². The Kier molecular flexibility index (Phi) is 5.12. The van der Waals surface area contributed by atoms with Crippen molar-refractivity contribution in [3.05, 3.63) is 81.2 Å². The van der Waals surface area contributed by atoms with E-state index in [9.17, 15) is 23.7 Å². The van der Waals surface area contributed by atoms with Crippen molar-refractivity contribution in [2.75, 3.05) is 0 Å². The van der Waals surface area contributed by atoms with Gasteiger partial charge in [-0.1, -0.05) is 17.3 Å². The fraction of sp³-hybridized carbons (Fsp3) is 0.167. The van der Waals surface area contributed by atoms with Crippen LogP contribution in [0.3, 0.4) is 0 Å². The van der Waals surface area contributed by atoms with E-state index in [-0.39, 0.29) is 11.4 Å². The molecule has 0 fully saturated rings. The summed E-state index contributed by atoms with van der Waals surface area (Å²) in [6.45, 7) is 3.21. The third-order valence-electron chi connectivity index (χ3n) is 4.19. The number of halogens is 2. The zero-order valence-electron chi connectivity index (χ0n) is 14.9. The van der Waals surface area contributed by atoms with Gasteiger partial charge in [0.2, 0.25) is 0 Å². The highest BCUT2D eigenvalue weighted by molar-refractivity contribution is 5.93. The number of hydrogen-bond acceptors (Lipinski definition) is 5. The average molecular weight is 387 g/mol. The standard InChI is InChI=1S/C18H15F2N5O3/c1-10(12-6-7-15(19)16(20)8-12)21-18(26)17-11(2)24(23-22-17)13-4-3-5-14(9-13)25(27)28/h3-10H,1-2H3,(H,21,26). The van der Waals surface area contributed by atoms with Crippen LogP contribution in [0.4, 0.5) is 14.5 Å². The molecule has 1 aromatic heterocycles. The molecule has 0 aliphatic rings. The lowest BCUT2D eigenvalue weighted by atomic mass is 10.1. The van der Waals surface area contributed by atoms with Crippen LogP contribution < -0.4 is 5.32 Å². The largest absolute Gasteiger partial charge is 0.344 e. The third kappa shape index (κ3) is 3.70. The van der Waals surface area contributed by atoms with Crippen LogP contribution >= 0.6 is 0 Å². The second-order valence-corrected chi connectivity index (χ2v) is 6.08. The Bertz CT molecular complexity index is 1070. The van der Waals surface area contributed by atoms with Crippen molar-refractivity contribution in [1.29, 1.82) is 0 Å². The molecule has 0 spiro atoms.